The lowest BCUT2D eigenvalue weighted by Crippen LogP contribution is -2.52. The van der Waals surface area contributed by atoms with Crippen LogP contribution in [-0.4, -0.2) is 50.0 Å². The Hall–Kier alpha value is -3.27. The predicted molar refractivity (Wildman–Crippen MR) is 160 cm³/mol. The lowest BCUT2D eigenvalue weighted by molar-refractivity contribution is -0.139. The summed E-state index contributed by atoms with van der Waals surface area (Å²) in [5.74, 6) is 0.154. The van der Waals surface area contributed by atoms with Gasteiger partial charge in [-0.1, -0.05) is 54.4 Å². The van der Waals surface area contributed by atoms with E-state index in [0.29, 0.717) is 33.5 Å². The summed E-state index contributed by atoms with van der Waals surface area (Å²) in [6.07, 6.45) is 1.72. The zero-order valence-electron chi connectivity index (χ0n) is 22.8. The summed E-state index contributed by atoms with van der Waals surface area (Å²) >= 11 is 12.8. The summed E-state index contributed by atoms with van der Waals surface area (Å²) in [7, 11) is -3.88. The Labute approximate surface area is 245 Å². The zero-order valence-corrected chi connectivity index (χ0v) is 25.1. The van der Waals surface area contributed by atoms with Gasteiger partial charge in [0.25, 0.3) is 0 Å². The van der Waals surface area contributed by atoms with Gasteiger partial charge in [-0.05, 0) is 68.8 Å². The summed E-state index contributed by atoms with van der Waals surface area (Å²) in [4.78, 5) is 28.1. The van der Waals surface area contributed by atoms with E-state index in [9.17, 15) is 18.0 Å². The number of hydrogen-bond acceptors (Lipinski definition) is 5. The third-order valence-electron chi connectivity index (χ3n) is 6.34. The average molecular weight is 607 g/mol. The van der Waals surface area contributed by atoms with Crippen LogP contribution < -0.4 is 14.4 Å². The van der Waals surface area contributed by atoms with Crippen LogP contribution in [-0.2, 0) is 26.2 Å². The number of nitrogens with zero attached hydrogens (tertiary/aromatic N) is 2. The van der Waals surface area contributed by atoms with Crippen molar-refractivity contribution < 1.29 is 22.7 Å². The number of carbonyl (C=O) groups is 2. The van der Waals surface area contributed by atoms with Gasteiger partial charge in [-0.25, -0.2) is 8.42 Å². The maximum absolute atomic E-state index is 13.7. The van der Waals surface area contributed by atoms with E-state index in [1.807, 2.05) is 32.0 Å². The molecule has 0 aliphatic heterocycles. The molecule has 0 saturated carbocycles. The number of hydrogen-bond donors (Lipinski definition) is 1. The summed E-state index contributed by atoms with van der Waals surface area (Å²) in [5.41, 5.74) is 0.722. The van der Waals surface area contributed by atoms with E-state index in [-0.39, 0.29) is 24.2 Å². The van der Waals surface area contributed by atoms with E-state index in [0.717, 1.165) is 10.6 Å². The van der Waals surface area contributed by atoms with Crippen molar-refractivity contribution in [3.8, 4) is 11.5 Å². The number of rotatable bonds is 12. The molecule has 3 rings (SSSR count). The van der Waals surface area contributed by atoms with E-state index in [1.54, 1.807) is 61.5 Å². The molecule has 2 atom stereocenters. The van der Waals surface area contributed by atoms with Crippen molar-refractivity contribution in [2.45, 2.75) is 45.8 Å². The maximum atomic E-state index is 13.7. The van der Waals surface area contributed by atoms with Crippen LogP contribution in [0.1, 0.15) is 32.8 Å². The minimum absolute atomic E-state index is 0.0894. The molecule has 11 heteroatoms. The Kier molecular flexibility index (Phi) is 10.8. The van der Waals surface area contributed by atoms with Gasteiger partial charge in [0.2, 0.25) is 21.8 Å². The van der Waals surface area contributed by atoms with E-state index < -0.39 is 28.5 Å². The molecule has 0 aliphatic rings. The second-order valence-corrected chi connectivity index (χ2v) is 12.1. The van der Waals surface area contributed by atoms with E-state index in [1.165, 1.54) is 4.90 Å². The van der Waals surface area contributed by atoms with Gasteiger partial charge in [-0.2, -0.15) is 0 Å². The maximum Gasteiger partial charge on any atom is 0.244 e. The molecular weight excluding hydrogens is 573 g/mol. The van der Waals surface area contributed by atoms with E-state index in [4.69, 9.17) is 27.9 Å². The van der Waals surface area contributed by atoms with Crippen LogP contribution in [0.25, 0.3) is 0 Å². The molecule has 3 aromatic rings. The molecule has 0 heterocycles. The van der Waals surface area contributed by atoms with E-state index in [2.05, 4.69) is 5.32 Å². The van der Waals surface area contributed by atoms with Gasteiger partial charge in [0, 0.05) is 28.2 Å². The highest BCUT2D eigenvalue weighted by Crippen LogP contribution is 2.28. The van der Waals surface area contributed by atoms with Crippen molar-refractivity contribution in [2.75, 3.05) is 17.1 Å². The van der Waals surface area contributed by atoms with Crippen molar-refractivity contribution in [3.05, 3.63) is 88.4 Å². The molecule has 1 N–H and O–H groups in total. The third-order valence-corrected chi connectivity index (χ3v) is 8.19. The van der Waals surface area contributed by atoms with Crippen molar-refractivity contribution in [1.82, 2.24) is 10.2 Å². The zero-order chi connectivity index (χ0) is 29.4. The average Bonchev–Trinajstić information content (AvgIpc) is 2.91. The summed E-state index contributed by atoms with van der Waals surface area (Å²) in [6, 6.07) is 19.4. The van der Waals surface area contributed by atoms with Crippen LogP contribution in [0.5, 0.6) is 11.5 Å². The number of benzene rings is 3. The normalized spacial score (nSPS) is 12.8. The Morgan fingerprint density at radius 1 is 0.900 bits per heavy atom. The predicted octanol–water partition coefficient (Wildman–Crippen LogP) is 5.88. The molecule has 0 fully saturated rings. The lowest BCUT2D eigenvalue weighted by Gasteiger charge is -2.32. The van der Waals surface area contributed by atoms with Gasteiger partial charge in [0.1, 0.15) is 24.1 Å². The fraction of sp³-hybridized carbons (Fsp3) is 0.310. The number of anilines is 1. The number of amides is 2. The second-order valence-electron chi connectivity index (χ2n) is 9.39. The highest BCUT2D eigenvalue weighted by molar-refractivity contribution is 7.92. The number of sulfonamides is 1. The minimum Gasteiger partial charge on any atom is -0.457 e. The second kappa shape index (κ2) is 13.9. The molecule has 0 unspecified atom stereocenters. The molecule has 214 valence electrons. The Morgan fingerprint density at radius 3 is 2.02 bits per heavy atom. The Morgan fingerprint density at radius 2 is 1.48 bits per heavy atom. The number of carbonyl (C=O) groups excluding carboxylic acids is 2. The number of para-hydroxylation sites is 1. The first kappa shape index (κ1) is 31.3. The van der Waals surface area contributed by atoms with Gasteiger partial charge in [0.05, 0.1) is 11.9 Å². The molecule has 40 heavy (non-hydrogen) atoms. The van der Waals surface area contributed by atoms with Crippen LogP contribution in [0.3, 0.4) is 0 Å². The van der Waals surface area contributed by atoms with Crippen LogP contribution in [0.2, 0.25) is 10.0 Å². The van der Waals surface area contributed by atoms with Crippen LogP contribution in [0.15, 0.2) is 72.8 Å². The van der Waals surface area contributed by atoms with Crippen LogP contribution in [0.4, 0.5) is 5.69 Å². The molecule has 0 aromatic heterocycles. The fourth-order valence-corrected chi connectivity index (χ4v) is 5.19. The molecule has 2 amide bonds. The molecule has 0 saturated heterocycles. The number of nitrogens with one attached hydrogen (secondary N) is 1. The lowest BCUT2D eigenvalue weighted by atomic mass is 10.1. The van der Waals surface area contributed by atoms with Crippen molar-refractivity contribution in [1.29, 1.82) is 0 Å². The molecule has 8 nitrogen and oxygen atoms in total. The minimum atomic E-state index is -3.88. The molecule has 0 spiro atoms. The highest BCUT2D eigenvalue weighted by Gasteiger charge is 2.31. The smallest absolute Gasteiger partial charge is 0.244 e. The number of halogens is 2. The number of ether oxygens (including phenoxy) is 1. The van der Waals surface area contributed by atoms with Gasteiger partial charge < -0.3 is 15.0 Å². The third kappa shape index (κ3) is 8.36. The van der Waals surface area contributed by atoms with Crippen LogP contribution >= 0.6 is 23.2 Å². The van der Waals surface area contributed by atoms with Gasteiger partial charge in [-0.3, -0.25) is 13.9 Å². The van der Waals surface area contributed by atoms with Gasteiger partial charge >= 0.3 is 0 Å². The topological polar surface area (TPSA) is 96.0 Å². The molecular formula is C29H33Cl2N3O5S. The standard InChI is InChI=1S/C29H33Cl2N3O5S/c1-5-20(2)32-29(36)21(3)33(18-25-26(30)12-9-13-27(25)31)28(35)19-34(40(4,37)38)22-14-16-24(17-15-22)39-23-10-7-6-8-11-23/h6-17,20-21H,5,18-19H2,1-4H3,(H,32,36)/t20-,21+/m1/s1. The van der Waals surface area contributed by atoms with Gasteiger partial charge in [0.15, 0.2) is 0 Å². The monoisotopic (exact) mass is 605 g/mol. The Bertz CT molecular complexity index is 1400. The molecule has 0 bridgehead atoms. The van der Waals surface area contributed by atoms with Crippen LogP contribution in [0, 0.1) is 0 Å². The van der Waals surface area contributed by atoms with Crippen molar-refractivity contribution >= 4 is 50.7 Å². The fourth-order valence-electron chi connectivity index (χ4n) is 3.82. The summed E-state index contributed by atoms with van der Waals surface area (Å²) < 4.78 is 32.4. The largest absolute Gasteiger partial charge is 0.457 e. The first-order valence-electron chi connectivity index (χ1n) is 12.7. The van der Waals surface area contributed by atoms with Gasteiger partial charge in [-0.15, -0.1) is 0 Å². The Balaban J connectivity index is 1.90. The summed E-state index contributed by atoms with van der Waals surface area (Å²) in [5, 5.41) is 3.53. The molecule has 0 radical (unpaired) electrons. The van der Waals surface area contributed by atoms with Crippen molar-refractivity contribution in [3.63, 3.8) is 0 Å². The molecule has 0 aliphatic carbocycles. The van der Waals surface area contributed by atoms with Crippen molar-refractivity contribution in [2.24, 2.45) is 0 Å². The summed E-state index contributed by atoms with van der Waals surface area (Å²) in [6.45, 7) is 4.75. The first-order valence-corrected chi connectivity index (χ1v) is 15.3. The highest BCUT2D eigenvalue weighted by atomic mass is 35.5. The quantitative estimate of drug-likeness (QED) is 0.278. The SMILES string of the molecule is CC[C@@H](C)NC(=O)[C@H](C)N(Cc1c(Cl)cccc1Cl)C(=O)CN(c1ccc(Oc2ccccc2)cc1)S(C)(=O)=O. The molecule has 3 aromatic carbocycles. The van der Waals surface area contributed by atoms with E-state index >= 15 is 0 Å². The first-order chi connectivity index (χ1) is 18.9.